The summed E-state index contributed by atoms with van der Waals surface area (Å²) in [5.74, 6) is -0.942. The number of anilines is 1. The van der Waals surface area contributed by atoms with Crippen LogP contribution in [0.1, 0.15) is 31.3 Å². The highest BCUT2D eigenvalue weighted by Gasteiger charge is 2.12. The van der Waals surface area contributed by atoms with E-state index in [9.17, 15) is 14.4 Å². The molecule has 3 aromatic rings. The molecule has 0 bridgehead atoms. The van der Waals surface area contributed by atoms with Crippen molar-refractivity contribution in [3.63, 3.8) is 0 Å². The fourth-order valence-corrected chi connectivity index (χ4v) is 2.23. The second-order valence-corrected chi connectivity index (χ2v) is 5.41. The smallest absolute Gasteiger partial charge is 0.343 e. The average Bonchev–Trinajstić information content (AvgIpc) is 3.23. The van der Waals surface area contributed by atoms with Gasteiger partial charge in [-0.2, -0.15) is 0 Å². The van der Waals surface area contributed by atoms with Crippen LogP contribution in [0.25, 0.3) is 0 Å². The molecule has 7 heteroatoms. The molecule has 0 aliphatic rings. The maximum absolute atomic E-state index is 12.2. The molecule has 0 radical (unpaired) electrons. The van der Waals surface area contributed by atoms with Crippen LogP contribution >= 0.6 is 0 Å². The van der Waals surface area contributed by atoms with Crippen LogP contribution in [0.2, 0.25) is 0 Å². The number of benzene rings is 2. The molecule has 0 unspecified atom stereocenters. The molecule has 136 valence electrons. The Kier molecular flexibility index (Phi) is 5.32. The summed E-state index contributed by atoms with van der Waals surface area (Å²) in [4.78, 5) is 35.5. The monoisotopic (exact) mass is 365 g/mol. The van der Waals surface area contributed by atoms with E-state index in [-0.39, 0.29) is 11.7 Å². The minimum atomic E-state index is -0.565. The molecular weight excluding hydrogens is 350 g/mol. The number of amides is 1. The summed E-state index contributed by atoms with van der Waals surface area (Å²) in [7, 11) is 1.29. The quantitative estimate of drug-likeness (QED) is 0.549. The maximum Gasteiger partial charge on any atom is 0.343 e. The maximum atomic E-state index is 12.2. The molecule has 0 saturated heterocycles. The third-order valence-corrected chi connectivity index (χ3v) is 3.61. The first-order chi connectivity index (χ1) is 13.1. The van der Waals surface area contributed by atoms with Crippen molar-refractivity contribution >= 4 is 23.5 Å². The van der Waals surface area contributed by atoms with Crippen LogP contribution in [-0.2, 0) is 4.74 Å². The zero-order valence-electron chi connectivity index (χ0n) is 14.3. The van der Waals surface area contributed by atoms with Gasteiger partial charge in [-0.15, -0.1) is 0 Å². The normalized spacial score (nSPS) is 10.1. The van der Waals surface area contributed by atoms with Crippen molar-refractivity contribution in [3.8, 4) is 5.75 Å². The largest absolute Gasteiger partial charge is 0.465 e. The van der Waals surface area contributed by atoms with Crippen LogP contribution in [-0.4, -0.2) is 25.0 Å². The number of carbonyl (C=O) groups is 3. The van der Waals surface area contributed by atoms with E-state index in [1.807, 2.05) is 0 Å². The molecule has 0 saturated carbocycles. The second-order valence-electron chi connectivity index (χ2n) is 5.41. The SMILES string of the molecule is COC(=O)c1ccc(OC(=O)c2ccc(NC(=O)c3ccco3)cc2)cc1. The van der Waals surface area contributed by atoms with E-state index in [0.717, 1.165) is 0 Å². The van der Waals surface area contributed by atoms with E-state index in [1.54, 1.807) is 24.3 Å². The van der Waals surface area contributed by atoms with Gasteiger partial charge in [0.05, 0.1) is 24.5 Å². The first-order valence-corrected chi connectivity index (χ1v) is 7.92. The molecule has 0 aliphatic heterocycles. The van der Waals surface area contributed by atoms with Gasteiger partial charge in [-0.3, -0.25) is 4.79 Å². The van der Waals surface area contributed by atoms with Gasteiger partial charge in [0.15, 0.2) is 5.76 Å². The van der Waals surface area contributed by atoms with Crippen molar-refractivity contribution in [2.24, 2.45) is 0 Å². The van der Waals surface area contributed by atoms with Crippen molar-refractivity contribution < 1.29 is 28.3 Å². The number of esters is 2. The van der Waals surface area contributed by atoms with Crippen molar-refractivity contribution in [1.82, 2.24) is 0 Å². The Labute approximate surface area is 154 Å². The Morgan fingerprint density at radius 3 is 2.07 bits per heavy atom. The first-order valence-electron chi connectivity index (χ1n) is 7.92. The number of hydrogen-bond acceptors (Lipinski definition) is 6. The Morgan fingerprint density at radius 1 is 0.852 bits per heavy atom. The summed E-state index contributed by atoms with van der Waals surface area (Å²) < 4.78 is 14.9. The Morgan fingerprint density at radius 2 is 1.48 bits per heavy atom. The minimum Gasteiger partial charge on any atom is -0.465 e. The highest BCUT2D eigenvalue weighted by atomic mass is 16.5. The summed E-state index contributed by atoms with van der Waals surface area (Å²) in [5.41, 5.74) is 1.17. The Bertz CT molecular complexity index is 943. The van der Waals surface area contributed by atoms with Crippen LogP contribution in [0.5, 0.6) is 5.75 Å². The van der Waals surface area contributed by atoms with Gasteiger partial charge in [0.1, 0.15) is 5.75 Å². The standard InChI is InChI=1S/C20H15NO6/c1-25-19(23)13-6-10-16(11-7-13)27-20(24)14-4-8-15(9-5-14)21-18(22)17-3-2-12-26-17/h2-12H,1H3,(H,21,22). The number of hydrogen-bond donors (Lipinski definition) is 1. The molecule has 2 aromatic carbocycles. The lowest BCUT2D eigenvalue weighted by Gasteiger charge is -2.07. The minimum absolute atomic E-state index is 0.189. The summed E-state index contributed by atoms with van der Waals surface area (Å²) in [5, 5.41) is 2.65. The second kappa shape index (κ2) is 8.01. The molecule has 0 atom stereocenters. The van der Waals surface area contributed by atoms with Gasteiger partial charge in [-0.05, 0) is 60.7 Å². The van der Waals surface area contributed by atoms with Crippen molar-refractivity contribution in [3.05, 3.63) is 83.8 Å². The number of carbonyl (C=O) groups excluding carboxylic acids is 3. The molecule has 0 fully saturated rings. The highest BCUT2D eigenvalue weighted by Crippen LogP contribution is 2.17. The molecule has 1 N–H and O–H groups in total. The van der Waals surface area contributed by atoms with Crippen LogP contribution in [0.4, 0.5) is 5.69 Å². The van der Waals surface area contributed by atoms with Gasteiger partial charge in [-0.1, -0.05) is 0 Å². The molecule has 1 aromatic heterocycles. The zero-order chi connectivity index (χ0) is 19.2. The van der Waals surface area contributed by atoms with Crippen molar-refractivity contribution in [2.45, 2.75) is 0 Å². The predicted molar refractivity (Wildman–Crippen MR) is 95.8 cm³/mol. The van der Waals surface area contributed by atoms with E-state index in [2.05, 4.69) is 10.1 Å². The molecule has 3 rings (SSSR count). The number of nitrogens with one attached hydrogen (secondary N) is 1. The van der Waals surface area contributed by atoms with E-state index < -0.39 is 11.9 Å². The fourth-order valence-electron chi connectivity index (χ4n) is 2.23. The van der Waals surface area contributed by atoms with E-state index in [4.69, 9.17) is 9.15 Å². The number of furan rings is 1. The molecule has 0 aliphatic carbocycles. The van der Waals surface area contributed by atoms with Gasteiger partial charge in [0.2, 0.25) is 0 Å². The van der Waals surface area contributed by atoms with Gasteiger partial charge in [-0.25, -0.2) is 9.59 Å². The van der Waals surface area contributed by atoms with E-state index in [1.165, 1.54) is 49.8 Å². The summed E-state index contributed by atoms with van der Waals surface area (Å²) in [6, 6.07) is 15.4. The third-order valence-electron chi connectivity index (χ3n) is 3.61. The number of rotatable bonds is 5. The number of methoxy groups -OCH3 is 1. The molecular formula is C20H15NO6. The predicted octanol–water partition coefficient (Wildman–Crippen LogP) is 3.54. The number of ether oxygens (including phenoxy) is 2. The summed E-state index contributed by atoms with van der Waals surface area (Å²) in [6.45, 7) is 0. The highest BCUT2D eigenvalue weighted by molar-refractivity contribution is 6.02. The van der Waals surface area contributed by atoms with Crippen LogP contribution in [0.15, 0.2) is 71.3 Å². The van der Waals surface area contributed by atoms with Crippen LogP contribution in [0, 0.1) is 0 Å². The summed E-state index contributed by atoms with van der Waals surface area (Å²) in [6.07, 6.45) is 1.41. The fraction of sp³-hybridized carbons (Fsp3) is 0.0500. The Hall–Kier alpha value is -3.87. The van der Waals surface area contributed by atoms with E-state index >= 15 is 0 Å². The van der Waals surface area contributed by atoms with Crippen molar-refractivity contribution in [2.75, 3.05) is 12.4 Å². The van der Waals surface area contributed by atoms with Gasteiger partial charge in [0, 0.05) is 5.69 Å². The molecule has 1 heterocycles. The lowest BCUT2D eigenvalue weighted by atomic mass is 10.2. The van der Waals surface area contributed by atoms with Gasteiger partial charge < -0.3 is 19.2 Å². The molecule has 7 nitrogen and oxygen atoms in total. The lowest BCUT2D eigenvalue weighted by molar-refractivity contribution is 0.0600. The molecule has 1 amide bonds. The van der Waals surface area contributed by atoms with Crippen LogP contribution < -0.4 is 10.1 Å². The van der Waals surface area contributed by atoms with Crippen LogP contribution in [0.3, 0.4) is 0 Å². The van der Waals surface area contributed by atoms with Gasteiger partial charge >= 0.3 is 11.9 Å². The lowest BCUT2D eigenvalue weighted by Crippen LogP contribution is -2.12. The van der Waals surface area contributed by atoms with Gasteiger partial charge in [0.25, 0.3) is 5.91 Å². The Balaban J connectivity index is 1.62. The zero-order valence-corrected chi connectivity index (χ0v) is 14.3. The third kappa shape index (κ3) is 4.40. The summed E-state index contributed by atoms with van der Waals surface area (Å²) >= 11 is 0. The average molecular weight is 365 g/mol. The molecule has 27 heavy (non-hydrogen) atoms. The van der Waals surface area contributed by atoms with Crippen molar-refractivity contribution in [1.29, 1.82) is 0 Å². The topological polar surface area (TPSA) is 94.8 Å². The molecule has 0 spiro atoms. The first kappa shape index (κ1) is 17.9. The van der Waals surface area contributed by atoms with E-state index in [0.29, 0.717) is 22.6 Å².